The van der Waals surface area contributed by atoms with Crippen LogP contribution in [0.3, 0.4) is 0 Å². The summed E-state index contributed by atoms with van der Waals surface area (Å²) in [6.07, 6.45) is 4.26. The first-order valence-electron chi connectivity index (χ1n) is 8.84. The van der Waals surface area contributed by atoms with E-state index < -0.39 is 0 Å². The Morgan fingerprint density at radius 1 is 1.26 bits per heavy atom. The molecule has 0 atom stereocenters. The van der Waals surface area contributed by atoms with Gasteiger partial charge in [0.25, 0.3) is 0 Å². The van der Waals surface area contributed by atoms with Crippen molar-refractivity contribution in [2.75, 3.05) is 12.4 Å². The lowest BCUT2D eigenvalue weighted by atomic mass is 10.0. The fraction of sp³-hybridized carbons (Fsp3) is 0.316. The van der Waals surface area contributed by atoms with E-state index >= 15 is 0 Å². The molecule has 3 heterocycles. The molecule has 0 saturated carbocycles. The highest BCUT2D eigenvalue weighted by Crippen LogP contribution is 2.26. The third-order valence-corrected chi connectivity index (χ3v) is 5.12. The zero-order valence-electron chi connectivity index (χ0n) is 15.9. The van der Waals surface area contributed by atoms with Crippen molar-refractivity contribution in [2.45, 2.75) is 33.1 Å². The number of anilines is 2. The van der Waals surface area contributed by atoms with E-state index in [2.05, 4.69) is 44.6 Å². The molecule has 0 aliphatic heterocycles. The van der Waals surface area contributed by atoms with Crippen molar-refractivity contribution in [1.82, 2.24) is 25.5 Å². The van der Waals surface area contributed by atoms with E-state index in [-0.39, 0.29) is 0 Å². The fourth-order valence-electron chi connectivity index (χ4n) is 2.53. The average molecular weight is 382 g/mol. The molecule has 3 aromatic heterocycles. The molecule has 0 amide bonds. The van der Waals surface area contributed by atoms with Gasteiger partial charge >= 0.3 is 0 Å². The Balaban J connectivity index is 1.93. The van der Waals surface area contributed by atoms with Crippen LogP contribution in [0.4, 0.5) is 10.9 Å². The zero-order chi connectivity index (χ0) is 19.4. The van der Waals surface area contributed by atoms with Crippen LogP contribution in [0.25, 0.3) is 16.6 Å². The molecule has 0 bridgehead atoms. The predicted molar refractivity (Wildman–Crippen MR) is 112 cm³/mol. The van der Waals surface area contributed by atoms with Crippen molar-refractivity contribution in [3.8, 4) is 0 Å². The molecular formula is C19H23N7S. The Hall–Kier alpha value is -2.87. The van der Waals surface area contributed by atoms with Crippen LogP contribution in [0.15, 0.2) is 30.6 Å². The van der Waals surface area contributed by atoms with E-state index in [0.717, 1.165) is 32.3 Å². The van der Waals surface area contributed by atoms with Crippen LogP contribution in [0.5, 0.6) is 0 Å². The first kappa shape index (κ1) is 18.9. The van der Waals surface area contributed by atoms with E-state index in [1.54, 1.807) is 6.20 Å². The molecule has 0 unspecified atom stereocenters. The van der Waals surface area contributed by atoms with E-state index in [0.29, 0.717) is 23.9 Å². The van der Waals surface area contributed by atoms with E-state index in [9.17, 15) is 0 Å². The Morgan fingerprint density at radius 2 is 2.07 bits per heavy atom. The molecule has 0 saturated heterocycles. The van der Waals surface area contributed by atoms with Crippen molar-refractivity contribution < 1.29 is 0 Å². The van der Waals surface area contributed by atoms with Gasteiger partial charge in [0.1, 0.15) is 10.8 Å². The number of fused-ring (bicyclic) bond motifs is 1. The highest BCUT2D eigenvalue weighted by Gasteiger charge is 2.11. The maximum Gasteiger partial charge on any atom is 0.211 e. The minimum Gasteiger partial charge on any atom is -0.393 e. The number of rotatable bonds is 7. The van der Waals surface area contributed by atoms with Gasteiger partial charge in [-0.05, 0) is 24.6 Å². The minimum absolute atomic E-state index is 0.348. The van der Waals surface area contributed by atoms with Crippen LogP contribution in [0.1, 0.15) is 43.7 Å². The Bertz CT molecular complexity index is 991. The highest BCUT2D eigenvalue weighted by atomic mass is 32.1. The van der Waals surface area contributed by atoms with Crippen LogP contribution in [0, 0.1) is 5.41 Å². The average Bonchev–Trinajstić information content (AvgIpc) is 3.14. The molecule has 7 nitrogen and oxygen atoms in total. The van der Waals surface area contributed by atoms with Crippen molar-refractivity contribution in [1.29, 1.82) is 5.41 Å². The Morgan fingerprint density at radius 3 is 2.74 bits per heavy atom. The topological polar surface area (TPSA) is 99.5 Å². The molecule has 140 valence electrons. The summed E-state index contributed by atoms with van der Waals surface area (Å²) >= 11 is 1.53. The van der Waals surface area contributed by atoms with E-state index in [1.807, 2.05) is 38.4 Å². The quantitative estimate of drug-likeness (QED) is 0.527. The molecular weight excluding hydrogens is 358 g/mol. The van der Waals surface area contributed by atoms with Gasteiger partial charge in [-0.25, -0.2) is 4.98 Å². The van der Waals surface area contributed by atoms with Crippen molar-refractivity contribution >= 4 is 44.6 Å². The Kier molecular flexibility index (Phi) is 5.75. The van der Waals surface area contributed by atoms with Crippen LogP contribution in [0.2, 0.25) is 0 Å². The predicted octanol–water partition coefficient (Wildman–Crippen LogP) is 4.34. The minimum atomic E-state index is 0.348. The summed E-state index contributed by atoms with van der Waals surface area (Å²) in [7, 11) is 1.82. The summed E-state index contributed by atoms with van der Waals surface area (Å²) in [5.74, 6) is 1.04. The molecule has 0 spiro atoms. The molecule has 0 aromatic carbocycles. The van der Waals surface area contributed by atoms with E-state index in [4.69, 9.17) is 5.41 Å². The monoisotopic (exact) mass is 381 g/mol. The second-order valence-corrected chi connectivity index (χ2v) is 7.37. The van der Waals surface area contributed by atoms with Gasteiger partial charge in [0.2, 0.25) is 5.13 Å². The molecule has 3 N–H and O–H groups in total. The van der Waals surface area contributed by atoms with Gasteiger partial charge < -0.3 is 16.0 Å². The fourth-order valence-corrected chi connectivity index (χ4v) is 3.28. The summed E-state index contributed by atoms with van der Waals surface area (Å²) in [6, 6.07) is 5.76. The van der Waals surface area contributed by atoms with Crippen LogP contribution >= 0.6 is 11.3 Å². The number of nitrogens with one attached hydrogen (secondary N) is 3. The van der Waals surface area contributed by atoms with Crippen LogP contribution < -0.4 is 10.6 Å². The molecule has 3 aromatic rings. The van der Waals surface area contributed by atoms with Gasteiger partial charge in [0.15, 0.2) is 0 Å². The molecule has 0 aliphatic rings. The summed E-state index contributed by atoms with van der Waals surface area (Å²) in [6.45, 7) is 6.15. The number of pyridine rings is 2. The molecule has 0 fully saturated rings. The lowest BCUT2D eigenvalue weighted by Crippen LogP contribution is -2.05. The number of allylic oxidation sites excluding steroid dienone is 1. The van der Waals surface area contributed by atoms with Gasteiger partial charge in [-0.15, -0.1) is 10.2 Å². The summed E-state index contributed by atoms with van der Waals surface area (Å²) in [5.41, 5.74) is 3.80. The molecule has 3 rings (SSSR count). The van der Waals surface area contributed by atoms with Crippen molar-refractivity contribution in [3.05, 3.63) is 41.2 Å². The molecule has 0 aliphatic carbocycles. The van der Waals surface area contributed by atoms with Gasteiger partial charge in [0.05, 0.1) is 11.0 Å². The number of aromatic nitrogens is 4. The zero-order valence-corrected chi connectivity index (χ0v) is 16.7. The summed E-state index contributed by atoms with van der Waals surface area (Å²) in [5, 5.41) is 24.5. The van der Waals surface area contributed by atoms with Gasteiger partial charge in [-0.3, -0.25) is 4.98 Å². The Labute approximate surface area is 162 Å². The van der Waals surface area contributed by atoms with Gasteiger partial charge in [0, 0.05) is 42.2 Å². The largest absolute Gasteiger partial charge is 0.393 e. The summed E-state index contributed by atoms with van der Waals surface area (Å²) in [4.78, 5) is 9.16. The first-order chi connectivity index (χ1) is 13.0. The highest BCUT2D eigenvalue weighted by molar-refractivity contribution is 7.15. The van der Waals surface area contributed by atoms with E-state index in [1.165, 1.54) is 11.3 Å². The van der Waals surface area contributed by atoms with Crippen molar-refractivity contribution in [2.24, 2.45) is 0 Å². The second-order valence-electron chi connectivity index (χ2n) is 6.36. The maximum atomic E-state index is 8.19. The molecule has 0 radical (unpaired) electrons. The van der Waals surface area contributed by atoms with Crippen molar-refractivity contribution in [3.63, 3.8) is 0 Å². The normalized spacial score (nSPS) is 11.8. The molecule has 27 heavy (non-hydrogen) atoms. The second kappa shape index (κ2) is 8.22. The lowest BCUT2D eigenvalue weighted by Gasteiger charge is -2.09. The maximum absolute atomic E-state index is 8.19. The van der Waals surface area contributed by atoms with Gasteiger partial charge in [-0.1, -0.05) is 32.1 Å². The molecule has 8 heteroatoms. The first-order valence-corrected chi connectivity index (χ1v) is 9.66. The van der Waals surface area contributed by atoms with Crippen LogP contribution in [-0.2, 0) is 0 Å². The number of hydrogen-bond acceptors (Lipinski definition) is 8. The number of nitrogens with zero attached hydrogens (tertiary/aromatic N) is 4. The lowest BCUT2D eigenvalue weighted by molar-refractivity contribution is 0.825. The standard InChI is InChI=1S/C19H23N7S/c1-5-14(20)13(10-21-4)12-8-16-15(22-9-12)6-7-17(23-16)24-19-26-25-18(27-19)11(2)3/h6-11,20-21H,5H2,1-4H3,(H,23,24,26)/b13-10-,20-14?. The SMILES string of the molecule is CCC(=N)/C(=C\NC)c1cnc2ccc(Nc3nnc(C(C)C)s3)nc2c1. The third-order valence-electron chi connectivity index (χ3n) is 3.99. The smallest absolute Gasteiger partial charge is 0.211 e. The van der Waals surface area contributed by atoms with Gasteiger partial charge in [-0.2, -0.15) is 0 Å². The third kappa shape index (κ3) is 4.28. The van der Waals surface area contributed by atoms with Crippen LogP contribution in [-0.4, -0.2) is 32.9 Å². The number of hydrogen-bond donors (Lipinski definition) is 3. The summed E-state index contributed by atoms with van der Waals surface area (Å²) < 4.78 is 0.